The molecule has 3 aromatic carbocycles. The average Bonchev–Trinajstić information content (AvgIpc) is 2.83. The molecule has 1 N–H and O–H groups in total. The van der Waals surface area contributed by atoms with E-state index in [1.165, 1.54) is 23.4 Å². The Morgan fingerprint density at radius 1 is 0.912 bits per heavy atom. The summed E-state index contributed by atoms with van der Waals surface area (Å²) >= 11 is 3.17. The third-order valence-electron chi connectivity index (χ3n) is 5.59. The van der Waals surface area contributed by atoms with Crippen LogP contribution in [0.15, 0.2) is 71.2 Å². The molecule has 0 aliphatic rings. The topological polar surface area (TPSA) is 76.1 Å². The lowest BCUT2D eigenvalue weighted by Crippen LogP contribution is -2.39. The highest BCUT2D eigenvalue weighted by Crippen LogP contribution is 2.30. The highest BCUT2D eigenvalue weighted by Gasteiger charge is 2.35. The third kappa shape index (κ3) is 6.15. The Bertz CT molecular complexity index is 1150. The first kappa shape index (κ1) is 26.2. The first-order valence-corrected chi connectivity index (χ1v) is 12.8. The van der Waals surface area contributed by atoms with Crippen LogP contribution in [-0.4, -0.2) is 37.3 Å². The van der Waals surface area contributed by atoms with Gasteiger partial charge in [-0.05, 0) is 54.4 Å². The Balaban J connectivity index is 1.93. The number of hydrogen-bond donors (Lipinski definition) is 1. The molecule has 34 heavy (non-hydrogen) atoms. The molecule has 0 amide bonds. The maximum absolute atomic E-state index is 14.5. The molecular weight excluding hydrogens is 525 g/mol. The highest BCUT2D eigenvalue weighted by atomic mass is 79.9. The fraction of sp³-hybridized carbons (Fsp3) is 0.280. The zero-order chi connectivity index (χ0) is 24.9. The summed E-state index contributed by atoms with van der Waals surface area (Å²) in [6.07, 6.45) is -1.55. The summed E-state index contributed by atoms with van der Waals surface area (Å²) in [5, 5.41) is 9.53. The maximum Gasteiger partial charge on any atom is 0.220 e. The van der Waals surface area contributed by atoms with Crippen molar-refractivity contribution in [2.45, 2.75) is 31.4 Å². The third-order valence-corrected chi connectivity index (χ3v) is 8.26. The molecule has 0 spiro atoms. The largest absolute Gasteiger partial charge is 0.497 e. The van der Waals surface area contributed by atoms with Gasteiger partial charge < -0.3 is 14.6 Å². The van der Waals surface area contributed by atoms with E-state index in [2.05, 4.69) is 15.9 Å². The van der Waals surface area contributed by atoms with Gasteiger partial charge in [0.15, 0.2) is 0 Å². The fourth-order valence-corrected chi connectivity index (χ4v) is 5.43. The molecule has 0 aliphatic carbocycles. The van der Waals surface area contributed by atoms with Crippen molar-refractivity contribution in [1.82, 2.24) is 4.31 Å². The number of aliphatic hydroxyl groups is 1. The Kier molecular flexibility index (Phi) is 8.70. The average molecular weight is 552 g/mol. The molecule has 3 aromatic rings. The molecule has 182 valence electrons. The van der Waals surface area contributed by atoms with Crippen LogP contribution in [0.1, 0.15) is 29.7 Å². The van der Waals surface area contributed by atoms with E-state index in [-0.39, 0.29) is 18.7 Å². The summed E-state index contributed by atoms with van der Waals surface area (Å²) in [6, 6.07) is 18.3. The van der Waals surface area contributed by atoms with Crippen LogP contribution < -0.4 is 9.47 Å². The normalized spacial score (nSPS) is 13.5. The van der Waals surface area contributed by atoms with E-state index >= 15 is 0 Å². The predicted molar refractivity (Wildman–Crippen MR) is 133 cm³/mol. The van der Waals surface area contributed by atoms with E-state index in [0.717, 1.165) is 11.1 Å². The van der Waals surface area contributed by atoms with Crippen molar-refractivity contribution in [2.24, 2.45) is 0 Å². The van der Waals surface area contributed by atoms with Crippen LogP contribution in [0.2, 0.25) is 0 Å². The van der Waals surface area contributed by atoms with Gasteiger partial charge in [-0.25, -0.2) is 12.8 Å². The molecule has 2 atom stereocenters. The zero-order valence-corrected chi connectivity index (χ0v) is 21.5. The summed E-state index contributed by atoms with van der Waals surface area (Å²) in [4.78, 5) is 0. The molecule has 0 saturated carbocycles. The van der Waals surface area contributed by atoms with Gasteiger partial charge >= 0.3 is 0 Å². The number of sulfonamides is 1. The number of halogens is 2. The second kappa shape index (κ2) is 11.3. The van der Waals surface area contributed by atoms with E-state index in [0.29, 0.717) is 16.0 Å². The lowest BCUT2D eigenvalue weighted by atomic mass is 10.1. The van der Waals surface area contributed by atoms with Gasteiger partial charge in [-0.1, -0.05) is 46.3 Å². The van der Waals surface area contributed by atoms with Gasteiger partial charge in [0, 0.05) is 23.1 Å². The second-order valence-electron chi connectivity index (χ2n) is 7.82. The van der Waals surface area contributed by atoms with Gasteiger partial charge in [0.25, 0.3) is 0 Å². The summed E-state index contributed by atoms with van der Waals surface area (Å²) in [6.45, 7) is 1.52. The molecule has 0 aliphatic heterocycles. The minimum absolute atomic E-state index is 0.0677. The summed E-state index contributed by atoms with van der Waals surface area (Å²) in [5.74, 6) is 0.631. The molecule has 3 rings (SSSR count). The lowest BCUT2D eigenvalue weighted by Gasteiger charge is -2.29. The molecule has 0 heterocycles. The minimum Gasteiger partial charge on any atom is -0.497 e. The van der Waals surface area contributed by atoms with E-state index in [1.54, 1.807) is 68.8 Å². The standard InChI is InChI=1S/C25H27BrFNO5S/c1-17(25(29)23-13-8-20(26)14-24(23)27)34(30,31)28(15-18-4-9-21(32-2)10-5-18)16-19-6-11-22(33-3)12-7-19/h4-14,17,25,29H,15-16H2,1-3H3/t17-,25-/m1/s1. The Labute approximate surface area is 208 Å². The number of aliphatic hydroxyl groups excluding tert-OH is 1. The van der Waals surface area contributed by atoms with Crippen LogP contribution in [0.5, 0.6) is 11.5 Å². The summed E-state index contributed by atoms with van der Waals surface area (Å²) in [5.41, 5.74) is 1.41. The van der Waals surface area contributed by atoms with Crippen molar-refractivity contribution in [3.63, 3.8) is 0 Å². The smallest absolute Gasteiger partial charge is 0.220 e. The molecule has 0 unspecified atom stereocenters. The number of nitrogens with zero attached hydrogens (tertiary/aromatic N) is 1. The number of methoxy groups -OCH3 is 2. The van der Waals surface area contributed by atoms with Crippen molar-refractivity contribution in [3.8, 4) is 11.5 Å². The van der Waals surface area contributed by atoms with Crippen LogP contribution >= 0.6 is 15.9 Å². The molecule has 0 radical (unpaired) electrons. The van der Waals surface area contributed by atoms with Gasteiger partial charge in [0.05, 0.1) is 20.3 Å². The van der Waals surface area contributed by atoms with Crippen LogP contribution in [0.4, 0.5) is 4.39 Å². The van der Waals surface area contributed by atoms with Crippen LogP contribution in [0, 0.1) is 5.82 Å². The van der Waals surface area contributed by atoms with Crippen molar-refractivity contribution in [1.29, 1.82) is 0 Å². The first-order chi connectivity index (χ1) is 16.1. The second-order valence-corrected chi connectivity index (χ2v) is 11.0. The van der Waals surface area contributed by atoms with Gasteiger partial charge in [-0.3, -0.25) is 0 Å². The molecule has 0 bridgehead atoms. The van der Waals surface area contributed by atoms with Crippen molar-refractivity contribution in [3.05, 3.63) is 93.7 Å². The molecule has 0 fully saturated rings. The van der Waals surface area contributed by atoms with Gasteiger partial charge in [-0.15, -0.1) is 0 Å². The first-order valence-electron chi connectivity index (χ1n) is 10.5. The summed E-state index contributed by atoms with van der Waals surface area (Å²) < 4.78 is 53.9. The maximum atomic E-state index is 14.5. The van der Waals surface area contributed by atoms with E-state index in [9.17, 15) is 17.9 Å². The van der Waals surface area contributed by atoms with Crippen molar-refractivity contribution >= 4 is 26.0 Å². The highest BCUT2D eigenvalue weighted by molar-refractivity contribution is 9.10. The Morgan fingerprint density at radius 2 is 1.38 bits per heavy atom. The van der Waals surface area contributed by atoms with Crippen molar-refractivity contribution < 1.29 is 27.4 Å². The number of ether oxygens (including phenoxy) is 2. The van der Waals surface area contributed by atoms with E-state index < -0.39 is 27.2 Å². The Hall–Kier alpha value is -2.46. The quantitative estimate of drug-likeness (QED) is 0.381. The van der Waals surface area contributed by atoms with Gasteiger partial charge in [0.2, 0.25) is 10.0 Å². The van der Waals surface area contributed by atoms with Crippen LogP contribution in [-0.2, 0) is 23.1 Å². The van der Waals surface area contributed by atoms with E-state index in [4.69, 9.17) is 9.47 Å². The zero-order valence-electron chi connectivity index (χ0n) is 19.1. The van der Waals surface area contributed by atoms with Gasteiger partial charge in [0.1, 0.15) is 22.6 Å². The summed E-state index contributed by atoms with van der Waals surface area (Å²) in [7, 11) is -0.950. The molecule has 9 heteroatoms. The molecule has 0 saturated heterocycles. The number of benzene rings is 3. The van der Waals surface area contributed by atoms with Gasteiger partial charge in [-0.2, -0.15) is 4.31 Å². The molecule has 0 aromatic heterocycles. The minimum atomic E-state index is -4.06. The van der Waals surface area contributed by atoms with Crippen LogP contribution in [0.25, 0.3) is 0 Å². The molecular formula is C25H27BrFNO5S. The fourth-order valence-electron chi connectivity index (χ4n) is 3.50. The van der Waals surface area contributed by atoms with Crippen LogP contribution in [0.3, 0.4) is 0 Å². The Morgan fingerprint density at radius 3 is 1.79 bits per heavy atom. The SMILES string of the molecule is COc1ccc(CN(Cc2ccc(OC)cc2)S(=O)(=O)[C@H](C)[C@@H](O)c2ccc(Br)cc2F)cc1. The number of hydrogen-bond acceptors (Lipinski definition) is 5. The number of rotatable bonds is 10. The predicted octanol–water partition coefficient (Wildman–Crippen LogP) is 5.06. The van der Waals surface area contributed by atoms with E-state index in [1.807, 2.05) is 0 Å². The monoisotopic (exact) mass is 551 g/mol. The molecule has 6 nitrogen and oxygen atoms in total. The lowest BCUT2D eigenvalue weighted by molar-refractivity contribution is 0.167. The van der Waals surface area contributed by atoms with Crippen molar-refractivity contribution in [2.75, 3.05) is 14.2 Å².